The number of carbonyl (C=O) groups excluding carboxylic acids is 2. The Morgan fingerprint density at radius 1 is 1.00 bits per heavy atom. The summed E-state index contributed by atoms with van der Waals surface area (Å²) >= 11 is 0. The molecule has 0 spiro atoms. The molecule has 0 aliphatic heterocycles. The number of hydrogen-bond donors (Lipinski definition) is 1. The van der Waals surface area contributed by atoms with Crippen molar-refractivity contribution >= 4 is 27.5 Å². The molecule has 2 aromatic rings. The van der Waals surface area contributed by atoms with Crippen molar-refractivity contribution in [3.05, 3.63) is 66.2 Å². The summed E-state index contributed by atoms with van der Waals surface area (Å²) in [4.78, 5) is 27.5. The molecule has 0 aromatic heterocycles. The summed E-state index contributed by atoms with van der Waals surface area (Å²) < 4.78 is 25.9. The Kier molecular flexibility index (Phi) is 9.71. The van der Waals surface area contributed by atoms with Crippen molar-refractivity contribution in [2.75, 3.05) is 30.2 Å². The molecule has 1 unspecified atom stereocenters. The van der Waals surface area contributed by atoms with E-state index in [1.54, 1.807) is 37.3 Å². The van der Waals surface area contributed by atoms with Crippen LogP contribution in [-0.2, 0) is 26.0 Å². The second-order valence-electron chi connectivity index (χ2n) is 7.75. The lowest BCUT2D eigenvalue weighted by Crippen LogP contribution is -2.52. The predicted octanol–water partition coefficient (Wildman–Crippen LogP) is 2.83. The van der Waals surface area contributed by atoms with Crippen LogP contribution in [-0.4, -0.2) is 57.1 Å². The third-order valence-corrected chi connectivity index (χ3v) is 6.35. The van der Waals surface area contributed by atoms with Gasteiger partial charge in [-0.15, -0.1) is 0 Å². The lowest BCUT2D eigenvalue weighted by Gasteiger charge is -2.31. The second kappa shape index (κ2) is 12.2. The molecular weight excluding hydrogens is 426 g/mol. The quantitative estimate of drug-likeness (QED) is 0.495. The highest BCUT2D eigenvalue weighted by molar-refractivity contribution is 7.92. The highest BCUT2D eigenvalue weighted by Gasteiger charge is 2.29. The molecule has 0 bridgehead atoms. The number of carbonyl (C=O) groups is 2. The van der Waals surface area contributed by atoms with Gasteiger partial charge >= 0.3 is 0 Å². The van der Waals surface area contributed by atoms with Crippen molar-refractivity contribution in [1.82, 2.24) is 10.2 Å². The number of anilines is 1. The van der Waals surface area contributed by atoms with Gasteiger partial charge in [0.2, 0.25) is 21.8 Å². The van der Waals surface area contributed by atoms with Gasteiger partial charge in [0.1, 0.15) is 12.6 Å². The standard InChI is InChI=1S/C24H33N3O4S/c1-4-5-17-25-24(29)20(2)26(18-16-21-12-8-6-9-13-21)23(28)19-27(32(3,30)31)22-14-10-7-11-15-22/h6-15,20H,4-5,16-19H2,1-3H3,(H,25,29). The van der Waals surface area contributed by atoms with Crippen LogP contribution in [0.25, 0.3) is 0 Å². The van der Waals surface area contributed by atoms with Gasteiger partial charge < -0.3 is 10.2 Å². The fourth-order valence-corrected chi connectivity index (χ4v) is 4.16. The van der Waals surface area contributed by atoms with Crippen LogP contribution in [0.2, 0.25) is 0 Å². The van der Waals surface area contributed by atoms with Crippen molar-refractivity contribution in [2.24, 2.45) is 0 Å². The van der Waals surface area contributed by atoms with E-state index in [0.29, 0.717) is 25.2 Å². The van der Waals surface area contributed by atoms with E-state index in [1.807, 2.05) is 37.3 Å². The monoisotopic (exact) mass is 459 g/mol. The van der Waals surface area contributed by atoms with Gasteiger partial charge in [0.15, 0.2) is 0 Å². The molecule has 0 saturated carbocycles. The minimum absolute atomic E-state index is 0.245. The number of benzene rings is 2. The number of unbranched alkanes of at least 4 members (excludes halogenated alkanes) is 1. The van der Waals surface area contributed by atoms with Gasteiger partial charge in [-0.25, -0.2) is 8.42 Å². The minimum atomic E-state index is -3.69. The molecule has 1 atom stereocenters. The summed E-state index contributed by atoms with van der Waals surface area (Å²) in [5, 5.41) is 2.87. The van der Waals surface area contributed by atoms with Crippen molar-refractivity contribution < 1.29 is 18.0 Å². The van der Waals surface area contributed by atoms with E-state index in [-0.39, 0.29) is 12.5 Å². The summed E-state index contributed by atoms with van der Waals surface area (Å²) in [5.41, 5.74) is 1.44. The molecule has 2 amide bonds. The van der Waals surface area contributed by atoms with Crippen LogP contribution < -0.4 is 9.62 Å². The van der Waals surface area contributed by atoms with E-state index in [9.17, 15) is 18.0 Å². The van der Waals surface area contributed by atoms with E-state index in [1.165, 1.54) is 4.90 Å². The molecule has 174 valence electrons. The molecule has 1 N–H and O–H groups in total. The Morgan fingerprint density at radius 2 is 1.59 bits per heavy atom. The first-order valence-electron chi connectivity index (χ1n) is 10.9. The number of amides is 2. The van der Waals surface area contributed by atoms with Gasteiger partial charge in [-0.2, -0.15) is 0 Å². The number of nitrogens with zero attached hydrogens (tertiary/aromatic N) is 2. The van der Waals surface area contributed by atoms with Crippen LogP contribution in [0.3, 0.4) is 0 Å². The molecule has 0 radical (unpaired) electrons. The molecule has 2 rings (SSSR count). The van der Waals surface area contributed by atoms with Crippen LogP contribution in [0.1, 0.15) is 32.3 Å². The zero-order valence-corrected chi connectivity index (χ0v) is 19.8. The zero-order chi connectivity index (χ0) is 23.6. The van der Waals surface area contributed by atoms with Crippen molar-refractivity contribution in [2.45, 2.75) is 39.2 Å². The summed E-state index contributed by atoms with van der Waals surface area (Å²) in [6.45, 7) is 4.19. The average Bonchev–Trinajstić information content (AvgIpc) is 2.78. The zero-order valence-electron chi connectivity index (χ0n) is 19.0. The lowest BCUT2D eigenvalue weighted by atomic mass is 10.1. The number of rotatable bonds is 12. The van der Waals surface area contributed by atoms with E-state index in [0.717, 1.165) is 29.0 Å². The van der Waals surface area contributed by atoms with Gasteiger partial charge in [0.25, 0.3) is 0 Å². The van der Waals surface area contributed by atoms with Crippen molar-refractivity contribution in [3.8, 4) is 0 Å². The summed E-state index contributed by atoms with van der Waals surface area (Å²) in [5.74, 6) is -0.668. The molecule has 2 aromatic carbocycles. The molecule has 0 aliphatic rings. The number of para-hydroxylation sites is 1. The van der Waals surface area contributed by atoms with E-state index >= 15 is 0 Å². The van der Waals surface area contributed by atoms with Crippen LogP contribution in [0, 0.1) is 0 Å². The first-order valence-corrected chi connectivity index (χ1v) is 12.7. The Bertz CT molecular complexity index is 965. The second-order valence-corrected chi connectivity index (χ2v) is 9.66. The minimum Gasteiger partial charge on any atom is -0.354 e. The van der Waals surface area contributed by atoms with Crippen LogP contribution >= 0.6 is 0 Å². The normalized spacial score (nSPS) is 12.1. The highest BCUT2D eigenvalue weighted by atomic mass is 32.2. The Morgan fingerprint density at radius 3 is 2.16 bits per heavy atom. The molecular formula is C24H33N3O4S. The third-order valence-electron chi connectivity index (χ3n) is 5.20. The number of hydrogen-bond acceptors (Lipinski definition) is 4. The third kappa shape index (κ3) is 7.67. The lowest BCUT2D eigenvalue weighted by molar-refractivity contribution is -0.138. The summed E-state index contributed by atoms with van der Waals surface area (Å²) in [6.07, 6.45) is 3.43. The first kappa shape index (κ1) is 25.4. The molecule has 0 aliphatic carbocycles. The SMILES string of the molecule is CCCCNC(=O)C(C)N(CCc1ccccc1)C(=O)CN(c1ccccc1)S(C)(=O)=O. The number of nitrogens with one attached hydrogen (secondary N) is 1. The molecule has 0 saturated heterocycles. The summed E-state index contributed by atoms with van der Waals surface area (Å²) in [6, 6.07) is 17.5. The van der Waals surface area contributed by atoms with Gasteiger partial charge in [0, 0.05) is 13.1 Å². The topological polar surface area (TPSA) is 86.8 Å². The highest BCUT2D eigenvalue weighted by Crippen LogP contribution is 2.17. The van der Waals surface area contributed by atoms with Crippen LogP contribution in [0.15, 0.2) is 60.7 Å². The Hall–Kier alpha value is -2.87. The molecule has 7 nitrogen and oxygen atoms in total. The fourth-order valence-electron chi connectivity index (χ4n) is 3.31. The molecule has 0 heterocycles. The maximum atomic E-state index is 13.3. The average molecular weight is 460 g/mol. The number of sulfonamides is 1. The van der Waals surface area contributed by atoms with E-state index < -0.39 is 22.0 Å². The molecule has 32 heavy (non-hydrogen) atoms. The fraction of sp³-hybridized carbons (Fsp3) is 0.417. The largest absolute Gasteiger partial charge is 0.354 e. The molecule has 8 heteroatoms. The van der Waals surface area contributed by atoms with Gasteiger partial charge in [-0.3, -0.25) is 13.9 Å². The van der Waals surface area contributed by atoms with Gasteiger partial charge in [-0.1, -0.05) is 61.9 Å². The first-order chi connectivity index (χ1) is 15.2. The maximum absolute atomic E-state index is 13.3. The van der Waals surface area contributed by atoms with Crippen molar-refractivity contribution in [3.63, 3.8) is 0 Å². The van der Waals surface area contributed by atoms with Gasteiger partial charge in [-0.05, 0) is 37.5 Å². The van der Waals surface area contributed by atoms with Crippen LogP contribution in [0.4, 0.5) is 5.69 Å². The Labute approximate surface area is 191 Å². The van der Waals surface area contributed by atoms with Gasteiger partial charge in [0.05, 0.1) is 11.9 Å². The predicted molar refractivity (Wildman–Crippen MR) is 128 cm³/mol. The smallest absolute Gasteiger partial charge is 0.244 e. The summed E-state index contributed by atoms with van der Waals surface area (Å²) in [7, 11) is -3.69. The maximum Gasteiger partial charge on any atom is 0.244 e. The van der Waals surface area contributed by atoms with Crippen molar-refractivity contribution in [1.29, 1.82) is 0 Å². The molecule has 0 fully saturated rings. The Balaban J connectivity index is 2.23. The van der Waals surface area contributed by atoms with E-state index in [4.69, 9.17) is 0 Å². The van der Waals surface area contributed by atoms with Crippen LogP contribution in [0.5, 0.6) is 0 Å². The van der Waals surface area contributed by atoms with E-state index in [2.05, 4.69) is 5.32 Å².